The molecule has 0 aliphatic rings. The molecular weight excluding hydrogens is 214 g/mol. The zero-order chi connectivity index (χ0) is 12.1. The molecule has 0 bridgehead atoms. The predicted molar refractivity (Wildman–Crippen MR) is 65.6 cm³/mol. The second-order valence-corrected chi connectivity index (χ2v) is 3.86. The van der Waals surface area contributed by atoms with E-state index in [1.165, 1.54) is 0 Å². The number of aliphatic hydroxyl groups excluding tert-OH is 1. The normalized spacial score (nSPS) is 12.1. The minimum Gasteiger partial charge on any atom is -0.489 e. The Morgan fingerprint density at radius 3 is 2.59 bits per heavy atom. The summed E-state index contributed by atoms with van der Waals surface area (Å²) in [7, 11) is 0. The molecule has 0 unspecified atom stereocenters. The third kappa shape index (κ3) is 3.04. The van der Waals surface area contributed by atoms with Gasteiger partial charge in [0.2, 0.25) is 0 Å². The average Bonchev–Trinajstić information content (AvgIpc) is 2.38. The van der Waals surface area contributed by atoms with Crippen molar-refractivity contribution < 1.29 is 9.84 Å². The molecular formula is C14H15NO2. The van der Waals surface area contributed by atoms with Crippen molar-refractivity contribution in [3.63, 3.8) is 0 Å². The van der Waals surface area contributed by atoms with Crippen LogP contribution in [-0.2, 0) is 6.61 Å². The van der Waals surface area contributed by atoms with Crippen LogP contribution >= 0.6 is 0 Å². The van der Waals surface area contributed by atoms with Crippen molar-refractivity contribution in [1.29, 1.82) is 0 Å². The second kappa shape index (κ2) is 5.46. The first-order chi connectivity index (χ1) is 8.27. The first kappa shape index (κ1) is 11.6. The van der Waals surface area contributed by atoms with E-state index in [1.54, 1.807) is 19.3 Å². The van der Waals surface area contributed by atoms with Gasteiger partial charge in [0, 0.05) is 18.0 Å². The Balaban J connectivity index is 2.09. The smallest absolute Gasteiger partial charge is 0.125 e. The van der Waals surface area contributed by atoms with Gasteiger partial charge in [0.15, 0.2) is 0 Å². The van der Waals surface area contributed by atoms with Crippen molar-refractivity contribution in [2.24, 2.45) is 0 Å². The van der Waals surface area contributed by atoms with Crippen LogP contribution in [0, 0.1) is 0 Å². The van der Waals surface area contributed by atoms with Gasteiger partial charge in [-0.15, -0.1) is 0 Å². The maximum Gasteiger partial charge on any atom is 0.125 e. The van der Waals surface area contributed by atoms with E-state index in [0.29, 0.717) is 6.61 Å². The molecule has 1 heterocycles. The first-order valence-corrected chi connectivity index (χ1v) is 5.56. The SMILES string of the molecule is C[C@@H](O)c1ccccc1OCc1ccncc1. The Kier molecular flexibility index (Phi) is 3.73. The van der Waals surface area contributed by atoms with Crippen LogP contribution in [0.1, 0.15) is 24.2 Å². The number of rotatable bonds is 4. The number of pyridine rings is 1. The van der Waals surface area contributed by atoms with Gasteiger partial charge < -0.3 is 9.84 Å². The molecule has 2 aromatic rings. The maximum atomic E-state index is 9.61. The predicted octanol–water partition coefficient (Wildman–Crippen LogP) is 2.71. The summed E-state index contributed by atoms with van der Waals surface area (Å²) in [5.41, 5.74) is 1.86. The summed E-state index contributed by atoms with van der Waals surface area (Å²) in [6.45, 7) is 2.21. The lowest BCUT2D eigenvalue weighted by molar-refractivity contribution is 0.190. The van der Waals surface area contributed by atoms with Gasteiger partial charge >= 0.3 is 0 Å². The molecule has 0 spiro atoms. The van der Waals surface area contributed by atoms with E-state index in [2.05, 4.69) is 4.98 Å². The first-order valence-electron chi connectivity index (χ1n) is 5.56. The minimum atomic E-state index is -0.524. The molecule has 2 rings (SSSR count). The number of ether oxygens (including phenoxy) is 1. The third-order valence-corrected chi connectivity index (χ3v) is 2.51. The van der Waals surface area contributed by atoms with E-state index < -0.39 is 6.10 Å². The fourth-order valence-corrected chi connectivity index (χ4v) is 1.60. The van der Waals surface area contributed by atoms with E-state index in [9.17, 15) is 5.11 Å². The summed E-state index contributed by atoms with van der Waals surface area (Å²) in [5.74, 6) is 0.722. The van der Waals surface area contributed by atoms with Crippen LogP contribution in [0.3, 0.4) is 0 Å². The largest absolute Gasteiger partial charge is 0.489 e. The molecule has 17 heavy (non-hydrogen) atoms. The Bertz CT molecular complexity index is 469. The topological polar surface area (TPSA) is 42.4 Å². The highest BCUT2D eigenvalue weighted by atomic mass is 16.5. The van der Waals surface area contributed by atoms with Crippen molar-refractivity contribution in [3.8, 4) is 5.75 Å². The number of para-hydroxylation sites is 1. The van der Waals surface area contributed by atoms with Crippen LogP contribution in [-0.4, -0.2) is 10.1 Å². The lowest BCUT2D eigenvalue weighted by atomic mass is 10.1. The summed E-state index contributed by atoms with van der Waals surface area (Å²) in [6, 6.07) is 11.3. The maximum absolute atomic E-state index is 9.61. The molecule has 3 nitrogen and oxygen atoms in total. The van der Waals surface area contributed by atoms with Crippen LogP contribution in [0.4, 0.5) is 0 Å². The number of hydrogen-bond donors (Lipinski definition) is 1. The fraction of sp³-hybridized carbons (Fsp3) is 0.214. The number of aliphatic hydroxyl groups is 1. The van der Waals surface area contributed by atoms with Crippen molar-refractivity contribution in [2.45, 2.75) is 19.6 Å². The molecule has 0 radical (unpaired) electrons. The number of hydrogen-bond acceptors (Lipinski definition) is 3. The van der Waals surface area contributed by atoms with E-state index in [-0.39, 0.29) is 0 Å². The molecule has 3 heteroatoms. The fourth-order valence-electron chi connectivity index (χ4n) is 1.60. The number of aromatic nitrogens is 1. The highest BCUT2D eigenvalue weighted by Crippen LogP contribution is 2.25. The zero-order valence-electron chi connectivity index (χ0n) is 9.71. The van der Waals surface area contributed by atoms with Crippen LogP contribution < -0.4 is 4.74 Å². The molecule has 0 fully saturated rings. The van der Waals surface area contributed by atoms with Gasteiger partial charge in [-0.3, -0.25) is 4.98 Å². The molecule has 0 amide bonds. The molecule has 0 saturated carbocycles. The third-order valence-electron chi connectivity index (χ3n) is 2.51. The quantitative estimate of drug-likeness (QED) is 0.876. The molecule has 1 N–H and O–H groups in total. The van der Waals surface area contributed by atoms with Crippen molar-refractivity contribution in [1.82, 2.24) is 4.98 Å². The monoisotopic (exact) mass is 229 g/mol. The summed E-state index contributed by atoms with van der Waals surface area (Å²) >= 11 is 0. The van der Waals surface area contributed by atoms with Crippen LogP contribution in [0.15, 0.2) is 48.8 Å². The highest BCUT2D eigenvalue weighted by Gasteiger charge is 2.07. The van der Waals surface area contributed by atoms with Gasteiger partial charge in [0.1, 0.15) is 12.4 Å². The minimum absolute atomic E-state index is 0.478. The van der Waals surface area contributed by atoms with E-state index in [4.69, 9.17) is 4.74 Å². The Morgan fingerprint density at radius 2 is 1.88 bits per heavy atom. The van der Waals surface area contributed by atoms with Crippen molar-refractivity contribution >= 4 is 0 Å². The van der Waals surface area contributed by atoms with Crippen LogP contribution in [0.5, 0.6) is 5.75 Å². The molecule has 88 valence electrons. The van der Waals surface area contributed by atoms with Gasteiger partial charge in [-0.25, -0.2) is 0 Å². The van der Waals surface area contributed by atoms with E-state index in [1.807, 2.05) is 36.4 Å². The lowest BCUT2D eigenvalue weighted by Gasteiger charge is -2.13. The lowest BCUT2D eigenvalue weighted by Crippen LogP contribution is -2.00. The summed E-state index contributed by atoms with van der Waals surface area (Å²) in [4.78, 5) is 3.95. The molecule has 0 aliphatic heterocycles. The average molecular weight is 229 g/mol. The molecule has 1 aromatic heterocycles. The van der Waals surface area contributed by atoms with Crippen LogP contribution in [0.2, 0.25) is 0 Å². The Morgan fingerprint density at radius 1 is 1.18 bits per heavy atom. The van der Waals surface area contributed by atoms with Gasteiger partial charge in [-0.1, -0.05) is 18.2 Å². The van der Waals surface area contributed by atoms with Crippen LogP contribution in [0.25, 0.3) is 0 Å². The summed E-state index contributed by atoms with van der Waals surface area (Å²) < 4.78 is 5.70. The standard InChI is InChI=1S/C14H15NO2/c1-11(16)13-4-2-3-5-14(13)17-10-12-6-8-15-9-7-12/h2-9,11,16H,10H2,1H3/t11-/m1/s1. The van der Waals surface area contributed by atoms with Gasteiger partial charge in [0.25, 0.3) is 0 Å². The number of nitrogens with zero attached hydrogens (tertiary/aromatic N) is 1. The molecule has 1 atom stereocenters. The number of benzene rings is 1. The highest BCUT2D eigenvalue weighted by molar-refractivity contribution is 5.34. The van der Waals surface area contributed by atoms with Gasteiger partial charge in [0.05, 0.1) is 6.10 Å². The molecule has 0 aliphatic carbocycles. The Labute approximate surface area is 101 Å². The summed E-state index contributed by atoms with van der Waals surface area (Å²) in [6.07, 6.45) is 2.95. The van der Waals surface area contributed by atoms with Crippen molar-refractivity contribution in [2.75, 3.05) is 0 Å². The Hall–Kier alpha value is -1.87. The van der Waals surface area contributed by atoms with E-state index in [0.717, 1.165) is 16.9 Å². The van der Waals surface area contributed by atoms with E-state index >= 15 is 0 Å². The molecule has 1 aromatic carbocycles. The van der Waals surface area contributed by atoms with Crippen molar-refractivity contribution in [3.05, 3.63) is 59.9 Å². The second-order valence-electron chi connectivity index (χ2n) is 3.86. The van der Waals surface area contributed by atoms with Gasteiger partial charge in [-0.05, 0) is 30.7 Å². The molecule has 0 saturated heterocycles. The van der Waals surface area contributed by atoms with Gasteiger partial charge in [-0.2, -0.15) is 0 Å². The zero-order valence-corrected chi connectivity index (χ0v) is 9.71. The summed E-state index contributed by atoms with van der Waals surface area (Å²) in [5, 5.41) is 9.61.